The molecule has 0 aromatic carbocycles. The Bertz CT molecular complexity index is 3490. The summed E-state index contributed by atoms with van der Waals surface area (Å²) in [5, 5.41) is 104. The lowest BCUT2D eigenvalue weighted by atomic mass is 9.76. The molecule has 0 aliphatic heterocycles. The number of hydrogen-bond acceptors (Lipinski definition) is 40. The van der Waals surface area contributed by atoms with Gasteiger partial charge in [-0.2, -0.15) is 0 Å². The molecule has 0 bridgehead atoms. The fraction of sp³-hybridized carbons (Fsp3) is 0.891. The Morgan fingerprint density at radius 3 is 0.401 bits per heavy atom. The molecule has 0 saturated heterocycles. The fourth-order valence-corrected chi connectivity index (χ4v) is 29.7. The molecular formula is C92H186O40Si10. The van der Waals surface area contributed by atoms with Crippen molar-refractivity contribution in [3.63, 3.8) is 0 Å². The summed E-state index contributed by atoms with van der Waals surface area (Å²) in [6.07, 6.45) is -5.65. The van der Waals surface area contributed by atoms with Crippen molar-refractivity contribution in [3.8, 4) is 0 Å². The van der Waals surface area contributed by atoms with Crippen molar-refractivity contribution in [2.24, 2.45) is 59.2 Å². The highest BCUT2D eigenvalue weighted by Gasteiger charge is 2.46. The largest absolute Gasteiger partial charge is 0.465 e. The van der Waals surface area contributed by atoms with E-state index in [1.54, 1.807) is 59.3 Å². The molecule has 834 valence electrons. The number of esters is 10. The first-order chi connectivity index (χ1) is 67.0. The van der Waals surface area contributed by atoms with Crippen LogP contribution in [0, 0.1) is 59.2 Å². The molecule has 0 saturated carbocycles. The van der Waals surface area contributed by atoms with Gasteiger partial charge in [-0.25, -0.2) is 0 Å². The second-order valence-electron chi connectivity index (χ2n) is 40.5. The van der Waals surface area contributed by atoms with Crippen molar-refractivity contribution < 1.29 is 191 Å². The zero-order valence-corrected chi connectivity index (χ0v) is 99.8. The van der Waals surface area contributed by atoms with Crippen LogP contribution >= 0.6 is 0 Å². The van der Waals surface area contributed by atoms with Crippen LogP contribution in [-0.2, 0) is 140 Å². The van der Waals surface area contributed by atoms with Gasteiger partial charge < -0.3 is 143 Å². The molecule has 0 aliphatic rings. The van der Waals surface area contributed by atoms with Crippen molar-refractivity contribution >= 4 is 143 Å². The Labute approximate surface area is 855 Å². The predicted molar refractivity (Wildman–Crippen MR) is 553 cm³/mol. The van der Waals surface area contributed by atoms with E-state index in [-0.39, 0.29) is 223 Å². The molecular weight excluding hydrogens is 2030 g/mol. The summed E-state index contributed by atoms with van der Waals surface area (Å²) in [6.45, 7) is 18.6. The average molecular weight is 2210 g/mol. The highest BCUT2D eigenvalue weighted by atomic mass is 28.4. The van der Waals surface area contributed by atoms with Crippen molar-refractivity contribution in [2.45, 2.75) is 268 Å². The Balaban J connectivity index is 10.3. The molecule has 0 aliphatic carbocycles. The van der Waals surface area contributed by atoms with E-state index in [0.29, 0.717) is 49.1 Å². The summed E-state index contributed by atoms with van der Waals surface area (Å²) in [5.41, 5.74) is 0. The van der Waals surface area contributed by atoms with E-state index < -0.39 is 247 Å². The van der Waals surface area contributed by atoms with Gasteiger partial charge in [-0.3, -0.25) is 47.9 Å². The van der Waals surface area contributed by atoms with Gasteiger partial charge in [0.05, 0.1) is 188 Å². The van der Waals surface area contributed by atoms with Gasteiger partial charge in [0.25, 0.3) is 0 Å². The first kappa shape index (κ1) is 138. The monoisotopic (exact) mass is 2210 g/mol. The Hall–Kier alpha value is -3.93. The summed E-state index contributed by atoms with van der Waals surface area (Å²) in [5.74, 6) is -24.0. The topological polar surface area (TPSA) is 558 Å². The summed E-state index contributed by atoms with van der Waals surface area (Å²) < 4.78 is 118. The molecule has 50 heteroatoms. The molecule has 10 N–H and O–H groups in total. The van der Waals surface area contributed by atoms with E-state index in [1.807, 2.05) is 13.1 Å². The van der Waals surface area contributed by atoms with Gasteiger partial charge >= 0.3 is 59.7 Å². The molecule has 0 radical (unpaired) electrons. The molecule has 20 atom stereocenters. The van der Waals surface area contributed by atoms with E-state index >= 15 is 38.4 Å². The van der Waals surface area contributed by atoms with Crippen LogP contribution in [0.1, 0.15) is 142 Å². The standard InChI is InChI=1S/C92H186O40Si10/c1-23-74(84(104)124-35-25-45-134(14,64-94)114-4)55-76(86(106)126-37-27-47-136(16,66-96)116-6)57-78(88(108)128-39-29-49-138(18,68-98)118-8)59-80(90(110)130-41-31-51-140(20,70-100)120-10)61-82(92(112)132-43-33-53-142(22,72-102)122-12)62-81(91(111)131-42-32-52-141(21,71-101)121-11)60-79(89(109)129-40-30-50-139(19,69-99)119-9)58-77(87(107)127-38-28-48-137(17,67-97)117-7)56-75(85(105)125-36-26-46-135(15,65-95)115-5)54-73(2)83(103)123-34-24-44-133(13,63-93)113-3/h73-82,93-102H,23-72H2,1-22H3. The first-order valence-corrected chi connectivity index (χ1v) is 78.5. The second-order valence-corrected chi connectivity index (χ2v) is 81.8. The van der Waals surface area contributed by atoms with E-state index in [1.165, 1.54) is 78.0 Å². The van der Waals surface area contributed by atoms with Crippen molar-refractivity contribution in [1.82, 2.24) is 0 Å². The van der Waals surface area contributed by atoms with Crippen LogP contribution in [-0.4, -0.2) is 393 Å². The molecule has 142 heavy (non-hydrogen) atoms. The van der Waals surface area contributed by atoms with Crippen LogP contribution in [0.5, 0.6) is 0 Å². The Morgan fingerprint density at radius 1 is 0.183 bits per heavy atom. The van der Waals surface area contributed by atoms with Crippen molar-refractivity contribution in [3.05, 3.63) is 0 Å². The molecule has 0 rings (SSSR count). The molecule has 0 aromatic rings. The number of carbonyl (C=O) groups excluding carboxylic acids is 10. The van der Waals surface area contributed by atoms with Crippen LogP contribution in [0.2, 0.25) is 126 Å². The predicted octanol–water partition coefficient (Wildman–Crippen LogP) is 7.95. The van der Waals surface area contributed by atoms with Crippen molar-refractivity contribution in [2.75, 3.05) is 199 Å². The lowest BCUT2D eigenvalue weighted by Crippen LogP contribution is -2.39. The maximum atomic E-state index is 16.0. The highest BCUT2D eigenvalue weighted by molar-refractivity contribution is 6.75. The van der Waals surface area contributed by atoms with Gasteiger partial charge in [0.15, 0.2) is 0 Å². The molecule has 0 amide bonds. The summed E-state index contributed by atoms with van der Waals surface area (Å²) in [6, 6.07) is 3.15. The molecule has 0 fully saturated rings. The zero-order valence-electron chi connectivity index (χ0n) is 89.8. The van der Waals surface area contributed by atoms with E-state index in [0.717, 1.165) is 0 Å². The molecule has 40 nitrogen and oxygen atoms in total. The number of aliphatic hydroxyl groups is 10. The van der Waals surface area contributed by atoms with Gasteiger partial charge in [-0.1, -0.05) is 13.8 Å². The second kappa shape index (κ2) is 73.3. The Morgan fingerprint density at radius 2 is 0.289 bits per heavy atom. The van der Waals surface area contributed by atoms with Crippen LogP contribution in [0.3, 0.4) is 0 Å². The van der Waals surface area contributed by atoms with Crippen LogP contribution < -0.4 is 0 Å². The third-order valence-electron chi connectivity index (χ3n) is 28.3. The number of carbonyl (C=O) groups is 10. The summed E-state index contributed by atoms with van der Waals surface area (Å²) in [7, 11) is -12.8. The van der Waals surface area contributed by atoms with Gasteiger partial charge in [0, 0.05) is 71.1 Å². The highest BCUT2D eigenvalue weighted by Crippen LogP contribution is 2.39. The smallest absolute Gasteiger partial charge is 0.308 e. The quantitative estimate of drug-likeness (QED) is 0.0119. The third-order valence-corrected chi connectivity index (χ3v) is 59.0. The summed E-state index contributed by atoms with van der Waals surface area (Å²) >= 11 is 0. The zero-order chi connectivity index (χ0) is 108. The normalized spacial score (nSPS) is 18.3. The van der Waals surface area contributed by atoms with Crippen LogP contribution in [0.15, 0.2) is 0 Å². The molecule has 0 aromatic heterocycles. The lowest BCUT2D eigenvalue weighted by Gasteiger charge is -2.30. The summed E-state index contributed by atoms with van der Waals surface area (Å²) in [4.78, 5) is 154. The minimum absolute atomic E-state index is 0.0859. The SMILES string of the molecule is CCC(CC(CC(CC(CC(CC(CC(CC(CC(CC(C)C(=O)OCCC[Si](C)(CO)OC)C(=O)OCCC[Si](C)(CO)OC)C(=O)OCCC[Si](C)(CO)OC)C(=O)OCCC[Si](C)(CO)OC)C(=O)OCCC[Si](C)(CO)OC)C(=O)OCCC[Si](C)(CO)OC)C(=O)OCCC[Si](C)(CO)OC)C(=O)OCCC[Si](C)(CO)OC)C(=O)OCCC[Si](C)(CO)OC)C(=O)OCCC[Si](C)(CO)OC. The number of ether oxygens (including phenoxy) is 10. The van der Waals surface area contributed by atoms with Gasteiger partial charge in [-0.05, 0) is 254 Å². The van der Waals surface area contributed by atoms with E-state index in [4.69, 9.17) is 91.6 Å². The van der Waals surface area contributed by atoms with Gasteiger partial charge in [0.1, 0.15) is 0 Å². The van der Waals surface area contributed by atoms with Crippen LogP contribution in [0.4, 0.5) is 0 Å². The average Bonchev–Trinajstić information content (AvgIpc) is 0.834. The lowest BCUT2D eigenvalue weighted by molar-refractivity contribution is -0.159. The maximum absolute atomic E-state index is 16.0. The number of hydrogen-bond donors (Lipinski definition) is 10. The minimum atomic E-state index is -2.85. The third kappa shape index (κ3) is 54.2. The van der Waals surface area contributed by atoms with E-state index in [9.17, 15) is 60.7 Å². The van der Waals surface area contributed by atoms with E-state index in [2.05, 4.69) is 0 Å². The molecule has 0 spiro atoms. The Kier molecular flexibility index (Phi) is 71.3. The number of rotatable bonds is 89. The fourth-order valence-electron chi connectivity index (χ4n) is 15.9. The van der Waals surface area contributed by atoms with Crippen molar-refractivity contribution in [1.29, 1.82) is 0 Å². The minimum Gasteiger partial charge on any atom is -0.465 e. The van der Waals surface area contributed by atoms with Gasteiger partial charge in [0.2, 0.25) is 83.2 Å². The van der Waals surface area contributed by atoms with Gasteiger partial charge in [-0.15, -0.1) is 0 Å². The number of aliphatic hydroxyl groups excluding tert-OH is 10. The van der Waals surface area contributed by atoms with Crippen LogP contribution in [0.25, 0.3) is 0 Å². The maximum Gasteiger partial charge on any atom is 0.308 e. The molecule has 20 unspecified atom stereocenters. The molecule has 0 heterocycles. The first-order valence-electron chi connectivity index (χ1n) is 50.3.